The van der Waals surface area contributed by atoms with Crippen LogP contribution < -0.4 is 0 Å². The van der Waals surface area contributed by atoms with Crippen molar-refractivity contribution in [2.45, 2.75) is 71.6 Å². The third-order valence-corrected chi connectivity index (χ3v) is 6.22. The van der Waals surface area contributed by atoms with E-state index in [0.717, 1.165) is 17.8 Å². The lowest BCUT2D eigenvalue weighted by Crippen LogP contribution is -2.20. The Hall–Kier alpha value is -1.30. The first-order valence-corrected chi connectivity index (χ1v) is 10.2. The second kappa shape index (κ2) is 8.70. The van der Waals surface area contributed by atoms with Gasteiger partial charge in [0.2, 0.25) is 0 Å². The van der Waals surface area contributed by atoms with Crippen LogP contribution in [0.15, 0.2) is 42.5 Å². The van der Waals surface area contributed by atoms with Crippen molar-refractivity contribution < 1.29 is 0 Å². The Labute approximate surface area is 148 Å². The van der Waals surface area contributed by atoms with Gasteiger partial charge in [-0.2, -0.15) is 0 Å². The van der Waals surface area contributed by atoms with E-state index in [1.807, 2.05) is 0 Å². The van der Waals surface area contributed by atoms with Gasteiger partial charge in [-0.15, -0.1) is 0 Å². The fourth-order valence-corrected chi connectivity index (χ4v) is 4.73. The molecule has 0 bridgehead atoms. The highest BCUT2D eigenvalue weighted by atomic mass is 14.3. The van der Waals surface area contributed by atoms with Crippen LogP contribution in [-0.4, -0.2) is 0 Å². The molecule has 24 heavy (non-hydrogen) atoms. The second-order valence-electron chi connectivity index (χ2n) is 8.15. The van der Waals surface area contributed by atoms with Crippen LogP contribution in [0.1, 0.15) is 70.8 Å². The number of hydrogen-bond donors (Lipinski definition) is 0. The maximum absolute atomic E-state index is 2.50. The quantitative estimate of drug-likeness (QED) is 0.498. The Morgan fingerprint density at radius 3 is 2.46 bits per heavy atom. The van der Waals surface area contributed by atoms with E-state index in [1.54, 1.807) is 0 Å². The minimum atomic E-state index is 0.850. The highest BCUT2D eigenvalue weighted by molar-refractivity contribution is 5.82. The van der Waals surface area contributed by atoms with Gasteiger partial charge in [0, 0.05) is 0 Å². The third kappa shape index (κ3) is 4.62. The van der Waals surface area contributed by atoms with Crippen LogP contribution in [0, 0.1) is 17.8 Å². The van der Waals surface area contributed by atoms with Gasteiger partial charge in [0.1, 0.15) is 0 Å². The van der Waals surface area contributed by atoms with Crippen molar-refractivity contribution in [3.05, 3.63) is 48.0 Å². The van der Waals surface area contributed by atoms with E-state index < -0.39 is 0 Å². The third-order valence-electron chi connectivity index (χ3n) is 6.22. The molecule has 2 aromatic carbocycles. The van der Waals surface area contributed by atoms with E-state index in [1.165, 1.54) is 74.1 Å². The van der Waals surface area contributed by atoms with E-state index >= 15 is 0 Å². The second-order valence-corrected chi connectivity index (χ2v) is 8.15. The molecule has 0 aliphatic heterocycles. The van der Waals surface area contributed by atoms with Crippen molar-refractivity contribution in [1.82, 2.24) is 0 Å². The average Bonchev–Trinajstić information content (AvgIpc) is 2.62. The standard InChI is InChI=1S/C24H34/c1-3-9-19(2)24(16-20-10-5-4-6-11-20)18-21-14-15-22-12-7-8-13-23(22)17-21/h7-8,12-15,17,19-20,24H,3-6,9-11,16,18H2,1-2H3. The summed E-state index contributed by atoms with van der Waals surface area (Å²) < 4.78 is 0. The molecule has 0 N–H and O–H groups in total. The minimum absolute atomic E-state index is 0.850. The molecule has 1 saturated carbocycles. The molecular weight excluding hydrogens is 288 g/mol. The Bertz CT molecular complexity index is 621. The lowest BCUT2D eigenvalue weighted by Gasteiger charge is -2.30. The molecule has 0 nitrogen and oxygen atoms in total. The predicted molar refractivity (Wildman–Crippen MR) is 106 cm³/mol. The number of fused-ring (bicyclic) bond motifs is 1. The zero-order valence-corrected chi connectivity index (χ0v) is 15.6. The van der Waals surface area contributed by atoms with E-state index in [4.69, 9.17) is 0 Å². The van der Waals surface area contributed by atoms with Gasteiger partial charge in [-0.05, 0) is 46.9 Å². The van der Waals surface area contributed by atoms with Crippen LogP contribution in [0.2, 0.25) is 0 Å². The van der Waals surface area contributed by atoms with Crippen LogP contribution in [-0.2, 0) is 6.42 Å². The first-order chi connectivity index (χ1) is 11.8. The summed E-state index contributed by atoms with van der Waals surface area (Å²) in [5.41, 5.74) is 1.54. The SMILES string of the molecule is CCCC(C)C(Cc1ccc2ccccc2c1)CC1CCCCC1. The molecule has 0 aromatic heterocycles. The van der Waals surface area contributed by atoms with Crippen LogP contribution in [0.5, 0.6) is 0 Å². The maximum atomic E-state index is 2.50. The monoisotopic (exact) mass is 322 g/mol. The maximum Gasteiger partial charge on any atom is -0.0181 e. The zero-order valence-electron chi connectivity index (χ0n) is 15.6. The highest BCUT2D eigenvalue weighted by Crippen LogP contribution is 2.35. The highest BCUT2D eigenvalue weighted by Gasteiger charge is 2.23. The molecule has 2 aromatic rings. The summed E-state index contributed by atoms with van der Waals surface area (Å²) in [7, 11) is 0. The molecule has 130 valence electrons. The van der Waals surface area contributed by atoms with E-state index in [0.29, 0.717) is 0 Å². The van der Waals surface area contributed by atoms with Crippen molar-refractivity contribution in [2.24, 2.45) is 17.8 Å². The molecular formula is C24H34. The van der Waals surface area contributed by atoms with Gasteiger partial charge in [0.25, 0.3) is 0 Å². The molecule has 0 saturated heterocycles. The van der Waals surface area contributed by atoms with E-state index in [-0.39, 0.29) is 0 Å². The predicted octanol–water partition coefficient (Wildman–Crippen LogP) is 7.41. The molecule has 0 heteroatoms. The lowest BCUT2D eigenvalue weighted by atomic mass is 9.75. The van der Waals surface area contributed by atoms with Crippen molar-refractivity contribution in [2.75, 3.05) is 0 Å². The summed E-state index contributed by atoms with van der Waals surface area (Å²) in [6.45, 7) is 4.84. The molecule has 1 aliphatic carbocycles. The Kier molecular flexibility index (Phi) is 6.35. The van der Waals surface area contributed by atoms with Gasteiger partial charge >= 0.3 is 0 Å². The summed E-state index contributed by atoms with van der Waals surface area (Å²) in [5.74, 6) is 2.70. The van der Waals surface area contributed by atoms with Gasteiger partial charge in [-0.25, -0.2) is 0 Å². The van der Waals surface area contributed by atoms with Crippen LogP contribution >= 0.6 is 0 Å². The number of hydrogen-bond acceptors (Lipinski definition) is 0. The van der Waals surface area contributed by atoms with Crippen molar-refractivity contribution in [3.8, 4) is 0 Å². The molecule has 2 unspecified atom stereocenters. The first kappa shape index (κ1) is 17.5. The summed E-state index contributed by atoms with van der Waals surface area (Å²) in [6, 6.07) is 15.9. The lowest BCUT2D eigenvalue weighted by molar-refractivity contribution is 0.229. The van der Waals surface area contributed by atoms with Crippen LogP contribution in [0.3, 0.4) is 0 Å². The van der Waals surface area contributed by atoms with Crippen LogP contribution in [0.4, 0.5) is 0 Å². The summed E-state index contributed by atoms with van der Waals surface area (Å²) in [6.07, 6.45) is 12.8. The zero-order chi connectivity index (χ0) is 16.8. The van der Waals surface area contributed by atoms with Gasteiger partial charge in [0.05, 0.1) is 0 Å². The van der Waals surface area contributed by atoms with Gasteiger partial charge in [0.15, 0.2) is 0 Å². The van der Waals surface area contributed by atoms with Crippen molar-refractivity contribution >= 4 is 10.8 Å². The molecule has 0 radical (unpaired) electrons. The summed E-state index contributed by atoms with van der Waals surface area (Å²) >= 11 is 0. The Balaban J connectivity index is 1.73. The molecule has 0 spiro atoms. The molecule has 0 amide bonds. The summed E-state index contributed by atoms with van der Waals surface area (Å²) in [4.78, 5) is 0. The van der Waals surface area contributed by atoms with Gasteiger partial charge in [-0.3, -0.25) is 0 Å². The fourth-order valence-electron chi connectivity index (χ4n) is 4.73. The van der Waals surface area contributed by atoms with Crippen molar-refractivity contribution in [1.29, 1.82) is 0 Å². The molecule has 1 fully saturated rings. The fraction of sp³-hybridized carbons (Fsp3) is 0.583. The number of benzene rings is 2. The smallest absolute Gasteiger partial charge is 0.0181 e. The van der Waals surface area contributed by atoms with Crippen LogP contribution in [0.25, 0.3) is 10.8 Å². The molecule has 3 rings (SSSR count). The Morgan fingerprint density at radius 2 is 1.71 bits per heavy atom. The largest absolute Gasteiger partial charge is 0.0654 e. The molecule has 2 atom stereocenters. The Morgan fingerprint density at radius 1 is 0.958 bits per heavy atom. The molecule has 1 aliphatic rings. The molecule has 0 heterocycles. The minimum Gasteiger partial charge on any atom is -0.0654 e. The van der Waals surface area contributed by atoms with E-state index in [9.17, 15) is 0 Å². The normalized spacial score (nSPS) is 18.6. The van der Waals surface area contributed by atoms with Gasteiger partial charge < -0.3 is 0 Å². The topological polar surface area (TPSA) is 0 Å². The van der Waals surface area contributed by atoms with E-state index in [2.05, 4.69) is 56.3 Å². The van der Waals surface area contributed by atoms with Crippen molar-refractivity contribution in [3.63, 3.8) is 0 Å². The van der Waals surface area contributed by atoms with Gasteiger partial charge in [-0.1, -0.05) is 101 Å². The number of rotatable bonds is 7. The first-order valence-electron chi connectivity index (χ1n) is 10.2. The summed E-state index contributed by atoms with van der Waals surface area (Å²) in [5, 5.41) is 2.77. The average molecular weight is 323 g/mol.